The van der Waals surface area contributed by atoms with Gasteiger partial charge in [0.25, 0.3) is 5.91 Å². The number of rotatable bonds is 1. The predicted octanol–water partition coefficient (Wildman–Crippen LogP) is 2.46. The number of halogens is 2. The number of alkyl halides is 2. The molecule has 82 valence electrons. The van der Waals surface area contributed by atoms with Crippen LogP contribution in [0.25, 0.3) is 0 Å². The van der Waals surface area contributed by atoms with E-state index < -0.39 is 12.3 Å². The van der Waals surface area contributed by atoms with E-state index in [1.165, 1.54) is 9.78 Å². The van der Waals surface area contributed by atoms with Crippen LogP contribution in [0.5, 0.6) is 0 Å². The van der Waals surface area contributed by atoms with Gasteiger partial charge < -0.3 is 4.90 Å². The monoisotopic (exact) mass is 231 g/mol. The highest BCUT2D eigenvalue weighted by atomic mass is 32.1. The molecule has 0 saturated carbocycles. The van der Waals surface area contributed by atoms with Crippen molar-refractivity contribution in [3.8, 4) is 0 Å². The molecular formula is C10H11F2NOS. The third kappa shape index (κ3) is 1.76. The Hall–Kier alpha value is -0.970. The second-order valence-corrected chi connectivity index (χ2v) is 4.56. The Kier molecular flexibility index (Phi) is 2.73. The Balaban J connectivity index is 2.23. The molecular weight excluding hydrogens is 220 g/mol. The summed E-state index contributed by atoms with van der Waals surface area (Å²) in [5, 5.41) is 1.94. The Bertz CT molecular complexity index is 377. The lowest BCUT2D eigenvalue weighted by molar-refractivity contribution is -0.145. The lowest BCUT2D eigenvalue weighted by Crippen LogP contribution is -2.41. The molecule has 2 nitrogen and oxygen atoms in total. The quantitative estimate of drug-likeness (QED) is 0.727. The van der Waals surface area contributed by atoms with Crippen molar-refractivity contribution in [3.05, 3.63) is 21.9 Å². The van der Waals surface area contributed by atoms with E-state index in [1.54, 1.807) is 18.3 Å². The van der Waals surface area contributed by atoms with Gasteiger partial charge in [-0.15, -0.1) is 11.3 Å². The summed E-state index contributed by atoms with van der Waals surface area (Å²) in [6.45, 7) is 2.20. The highest BCUT2D eigenvalue weighted by molar-refractivity contribution is 7.10. The van der Waals surface area contributed by atoms with Crippen LogP contribution in [-0.4, -0.2) is 23.8 Å². The van der Waals surface area contributed by atoms with Crippen molar-refractivity contribution in [1.82, 2.24) is 4.90 Å². The third-order valence-corrected chi connectivity index (χ3v) is 3.74. The van der Waals surface area contributed by atoms with Gasteiger partial charge in [-0.2, -0.15) is 8.78 Å². The molecule has 0 bridgehead atoms. The van der Waals surface area contributed by atoms with E-state index in [9.17, 15) is 13.6 Å². The van der Waals surface area contributed by atoms with Crippen LogP contribution in [0.15, 0.2) is 11.4 Å². The molecule has 15 heavy (non-hydrogen) atoms. The second-order valence-electron chi connectivity index (χ2n) is 3.56. The number of hydrogen-bond acceptors (Lipinski definition) is 2. The van der Waals surface area contributed by atoms with Crippen molar-refractivity contribution in [2.24, 2.45) is 0 Å². The fraction of sp³-hybridized carbons (Fsp3) is 0.500. The number of amides is 1. The standard InChI is InChI=1S/C10H11F2NOS/c1-6-7-3-5-15-8(7)2-4-13(6)10(14)9(11)12/h3,5-6,9H,2,4H2,1H3. The van der Waals surface area contributed by atoms with Crippen LogP contribution >= 0.6 is 11.3 Å². The minimum absolute atomic E-state index is 0.221. The number of nitrogens with zero attached hydrogens (tertiary/aromatic N) is 1. The molecule has 0 N–H and O–H groups in total. The maximum absolute atomic E-state index is 12.3. The van der Waals surface area contributed by atoms with Crippen LogP contribution in [0.4, 0.5) is 8.78 Å². The minimum Gasteiger partial charge on any atom is -0.331 e. The van der Waals surface area contributed by atoms with E-state index >= 15 is 0 Å². The lowest BCUT2D eigenvalue weighted by Gasteiger charge is -2.33. The number of hydrogen-bond donors (Lipinski definition) is 0. The molecule has 1 atom stereocenters. The first-order chi connectivity index (χ1) is 7.11. The van der Waals surface area contributed by atoms with Gasteiger partial charge in [0.05, 0.1) is 6.04 Å². The van der Waals surface area contributed by atoms with Crippen LogP contribution in [0.1, 0.15) is 23.4 Å². The van der Waals surface area contributed by atoms with Gasteiger partial charge in [-0.3, -0.25) is 4.79 Å². The molecule has 0 radical (unpaired) electrons. The van der Waals surface area contributed by atoms with Gasteiger partial charge >= 0.3 is 6.43 Å². The van der Waals surface area contributed by atoms with Gasteiger partial charge in [0, 0.05) is 11.4 Å². The number of fused-ring (bicyclic) bond motifs is 1. The molecule has 1 aliphatic rings. The van der Waals surface area contributed by atoms with Gasteiger partial charge in [0.1, 0.15) is 0 Å². The molecule has 1 aromatic heterocycles. The second kappa shape index (κ2) is 3.89. The maximum atomic E-state index is 12.3. The van der Waals surface area contributed by atoms with Crippen molar-refractivity contribution in [1.29, 1.82) is 0 Å². The van der Waals surface area contributed by atoms with E-state index in [-0.39, 0.29) is 6.04 Å². The van der Waals surface area contributed by atoms with Gasteiger partial charge in [-0.05, 0) is 30.4 Å². The molecule has 1 aliphatic heterocycles. The molecule has 5 heteroatoms. The summed E-state index contributed by atoms with van der Waals surface area (Å²) >= 11 is 1.63. The molecule has 1 unspecified atom stereocenters. The maximum Gasteiger partial charge on any atom is 0.315 e. The van der Waals surface area contributed by atoms with Crippen molar-refractivity contribution in [2.75, 3.05) is 6.54 Å². The molecule has 0 fully saturated rings. The average molecular weight is 231 g/mol. The highest BCUT2D eigenvalue weighted by Crippen LogP contribution is 2.33. The van der Waals surface area contributed by atoms with E-state index in [1.807, 2.05) is 11.4 Å². The number of carbonyl (C=O) groups is 1. The van der Waals surface area contributed by atoms with E-state index in [4.69, 9.17) is 0 Å². The predicted molar refractivity (Wildman–Crippen MR) is 54.2 cm³/mol. The molecule has 0 aromatic carbocycles. The van der Waals surface area contributed by atoms with Gasteiger partial charge in [-0.25, -0.2) is 0 Å². The van der Waals surface area contributed by atoms with Crippen LogP contribution in [0.3, 0.4) is 0 Å². The van der Waals surface area contributed by atoms with Crippen molar-refractivity contribution in [3.63, 3.8) is 0 Å². The van der Waals surface area contributed by atoms with Crippen molar-refractivity contribution in [2.45, 2.75) is 25.8 Å². The highest BCUT2D eigenvalue weighted by Gasteiger charge is 2.32. The zero-order valence-corrected chi connectivity index (χ0v) is 9.06. The summed E-state index contributed by atoms with van der Waals surface area (Å²) in [6.07, 6.45) is -2.21. The molecule has 0 aliphatic carbocycles. The number of carbonyl (C=O) groups excluding carboxylic acids is 1. The zero-order valence-electron chi connectivity index (χ0n) is 8.24. The molecule has 1 aromatic rings. The smallest absolute Gasteiger partial charge is 0.315 e. The SMILES string of the molecule is CC1c2ccsc2CCN1C(=O)C(F)F. The summed E-state index contributed by atoms with van der Waals surface area (Å²) in [7, 11) is 0. The molecule has 1 amide bonds. The topological polar surface area (TPSA) is 20.3 Å². The number of thiophene rings is 1. The molecule has 0 spiro atoms. The largest absolute Gasteiger partial charge is 0.331 e. The summed E-state index contributed by atoms with van der Waals surface area (Å²) in [6, 6.07) is 1.69. The summed E-state index contributed by atoms with van der Waals surface area (Å²) < 4.78 is 24.6. The van der Waals surface area contributed by atoms with E-state index in [0.717, 1.165) is 5.56 Å². The van der Waals surface area contributed by atoms with Crippen LogP contribution in [0.2, 0.25) is 0 Å². The summed E-state index contributed by atoms with van der Waals surface area (Å²) in [4.78, 5) is 13.7. The van der Waals surface area contributed by atoms with Gasteiger partial charge in [0.15, 0.2) is 0 Å². The Labute approximate surface area is 90.5 Å². The Morgan fingerprint density at radius 3 is 3.07 bits per heavy atom. The van der Waals surface area contributed by atoms with Gasteiger partial charge in [0.2, 0.25) is 0 Å². The average Bonchev–Trinajstić information content (AvgIpc) is 2.66. The first-order valence-corrected chi connectivity index (χ1v) is 5.64. The van der Waals surface area contributed by atoms with Crippen LogP contribution in [0, 0.1) is 0 Å². The Morgan fingerprint density at radius 2 is 2.40 bits per heavy atom. The fourth-order valence-electron chi connectivity index (χ4n) is 1.94. The zero-order chi connectivity index (χ0) is 11.0. The normalized spacial score (nSPS) is 20.5. The van der Waals surface area contributed by atoms with Crippen molar-refractivity contribution < 1.29 is 13.6 Å². The molecule has 2 rings (SSSR count). The summed E-state index contributed by atoms with van der Waals surface area (Å²) in [5.41, 5.74) is 1.01. The lowest BCUT2D eigenvalue weighted by atomic mass is 10.0. The first-order valence-electron chi connectivity index (χ1n) is 4.76. The summed E-state index contributed by atoms with van der Waals surface area (Å²) in [5.74, 6) is -1.06. The minimum atomic E-state index is -2.90. The third-order valence-electron chi connectivity index (χ3n) is 2.75. The van der Waals surface area contributed by atoms with E-state index in [0.29, 0.717) is 13.0 Å². The first kappa shape index (κ1) is 10.5. The van der Waals surface area contributed by atoms with Crippen LogP contribution in [-0.2, 0) is 11.2 Å². The molecule has 0 saturated heterocycles. The molecule has 2 heterocycles. The fourth-order valence-corrected chi connectivity index (χ4v) is 2.90. The van der Waals surface area contributed by atoms with Crippen LogP contribution < -0.4 is 0 Å². The van der Waals surface area contributed by atoms with E-state index in [2.05, 4.69) is 0 Å². The van der Waals surface area contributed by atoms with Gasteiger partial charge in [-0.1, -0.05) is 0 Å². The van der Waals surface area contributed by atoms with Crippen molar-refractivity contribution >= 4 is 17.2 Å². The Morgan fingerprint density at radius 1 is 1.67 bits per heavy atom.